The Labute approximate surface area is 85.1 Å². The van der Waals surface area contributed by atoms with E-state index < -0.39 is 0 Å². The lowest BCUT2D eigenvalue weighted by Gasteiger charge is -2.28. The number of carbonyl (C=O) groups is 1. The van der Waals surface area contributed by atoms with Crippen LogP contribution in [0.15, 0.2) is 24.3 Å². The van der Waals surface area contributed by atoms with Gasteiger partial charge >= 0.3 is 0 Å². The monoisotopic (exact) mass is 188 g/mol. The van der Waals surface area contributed by atoms with Crippen molar-refractivity contribution in [2.45, 2.75) is 38.5 Å². The summed E-state index contributed by atoms with van der Waals surface area (Å²) in [6, 6.07) is 8.29. The number of fused-ring (bicyclic) bond motifs is 1. The molecule has 74 valence electrons. The van der Waals surface area contributed by atoms with Crippen LogP contribution in [0.3, 0.4) is 0 Å². The first kappa shape index (κ1) is 9.45. The van der Waals surface area contributed by atoms with Gasteiger partial charge in [-0.15, -0.1) is 0 Å². The molecule has 1 unspecified atom stereocenters. The maximum Gasteiger partial charge on any atom is 0.140 e. The Kier molecular flexibility index (Phi) is 2.67. The fourth-order valence-corrected chi connectivity index (χ4v) is 2.07. The van der Waals surface area contributed by atoms with Gasteiger partial charge in [-0.25, -0.2) is 0 Å². The second-order valence-corrected chi connectivity index (χ2v) is 4.03. The summed E-state index contributed by atoms with van der Waals surface area (Å²) in [7, 11) is 0. The molecular weight excluding hydrogens is 172 g/mol. The van der Waals surface area contributed by atoms with Crippen molar-refractivity contribution in [3.05, 3.63) is 35.4 Å². The van der Waals surface area contributed by atoms with E-state index in [-0.39, 0.29) is 5.92 Å². The standard InChI is InChI=1S/C13H16O/c1-2-3-8-13(14)12-9-10-6-4-5-7-11(10)12/h4-7,12H,2-3,8-9H2,1H3. The van der Waals surface area contributed by atoms with Gasteiger partial charge in [0.25, 0.3) is 0 Å². The zero-order valence-corrected chi connectivity index (χ0v) is 8.62. The van der Waals surface area contributed by atoms with Gasteiger partial charge < -0.3 is 0 Å². The van der Waals surface area contributed by atoms with E-state index in [9.17, 15) is 4.79 Å². The SMILES string of the molecule is CCCCC(=O)C1Cc2ccccc21. The third kappa shape index (κ3) is 1.59. The lowest BCUT2D eigenvalue weighted by Crippen LogP contribution is -2.24. The van der Waals surface area contributed by atoms with Crippen molar-refractivity contribution in [3.8, 4) is 0 Å². The van der Waals surface area contributed by atoms with Gasteiger partial charge in [-0.2, -0.15) is 0 Å². The Morgan fingerprint density at radius 1 is 1.43 bits per heavy atom. The lowest BCUT2D eigenvalue weighted by atomic mass is 9.74. The number of ketones is 1. The number of Topliss-reactive ketones (excluding diaryl/α,β-unsaturated/α-hetero) is 1. The average molecular weight is 188 g/mol. The highest BCUT2D eigenvalue weighted by atomic mass is 16.1. The normalized spacial score (nSPS) is 18.5. The van der Waals surface area contributed by atoms with E-state index in [1.807, 2.05) is 12.1 Å². The predicted octanol–water partition coefficient (Wildman–Crippen LogP) is 3.09. The first-order valence-electron chi connectivity index (χ1n) is 5.43. The Bertz CT molecular complexity index is 341. The summed E-state index contributed by atoms with van der Waals surface area (Å²) in [6.45, 7) is 2.13. The summed E-state index contributed by atoms with van der Waals surface area (Å²) in [6.07, 6.45) is 3.88. The molecule has 1 aromatic rings. The van der Waals surface area contributed by atoms with Gasteiger partial charge in [-0.3, -0.25) is 4.79 Å². The molecule has 1 aliphatic carbocycles. The molecule has 2 rings (SSSR count). The molecule has 1 aromatic carbocycles. The van der Waals surface area contributed by atoms with Crippen molar-refractivity contribution in [1.29, 1.82) is 0 Å². The van der Waals surface area contributed by atoms with Crippen LogP contribution in [-0.2, 0) is 11.2 Å². The molecule has 0 saturated carbocycles. The van der Waals surface area contributed by atoms with Gasteiger partial charge in [0, 0.05) is 12.3 Å². The van der Waals surface area contributed by atoms with Gasteiger partial charge in [-0.1, -0.05) is 37.6 Å². The quantitative estimate of drug-likeness (QED) is 0.709. The van der Waals surface area contributed by atoms with Crippen LogP contribution in [0.5, 0.6) is 0 Å². The maximum absolute atomic E-state index is 11.7. The summed E-state index contributed by atoms with van der Waals surface area (Å²) < 4.78 is 0. The van der Waals surface area contributed by atoms with E-state index in [1.54, 1.807) is 0 Å². The van der Waals surface area contributed by atoms with Crippen molar-refractivity contribution in [2.75, 3.05) is 0 Å². The van der Waals surface area contributed by atoms with Crippen molar-refractivity contribution in [1.82, 2.24) is 0 Å². The summed E-state index contributed by atoms with van der Waals surface area (Å²) in [5.41, 5.74) is 2.64. The molecule has 14 heavy (non-hydrogen) atoms. The molecule has 0 saturated heterocycles. The van der Waals surface area contributed by atoms with E-state index in [4.69, 9.17) is 0 Å². The van der Waals surface area contributed by atoms with Crippen LogP contribution >= 0.6 is 0 Å². The minimum absolute atomic E-state index is 0.220. The zero-order chi connectivity index (χ0) is 9.97. The molecule has 1 nitrogen and oxygen atoms in total. The fourth-order valence-electron chi connectivity index (χ4n) is 2.07. The molecule has 0 heterocycles. The summed E-state index contributed by atoms with van der Waals surface area (Å²) in [4.78, 5) is 11.7. The summed E-state index contributed by atoms with van der Waals surface area (Å²) in [5.74, 6) is 0.656. The minimum atomic E-state index is 0.220. The molecule has 0 bridgehead atoms. The lowest BCUT2D eigenvalue weighted by molar-refractivity contribution is -0.121. The number of hydrogen-bond acceptors (Lipinski definition) is 1. The zero-order valence-electron chi connectivity index (χ0n) is 8.62. The maximum atomic E-state index is 11.7. The van der Waals surface area contributed by atoms with Gasteiger partial charge in [-0.05, 0) is 24.0 Å². The van der Waals surface area contributed by atoms with Crippen LogP contribution in [0.25, 0.3) is 0 Å². The Balaban J connectivity index is 2.01. The molecule has 0 spiro atoms. The molecule has 0 N–H and O–H groups in total. The molecule has 0 fully saturated rings. The van der Waals surface area contributed by atoms with Crippen LogP contribution in [-0.4, -0.2) is 5.78 Å². The second-order valence-electron chi connectivity index (χ2n) is 4.03. The van der Waals surface area contributed by atoms with E-state index in [1.165, 1.54) is 11.1 Å². The van der Waals surface area contributed by atoms with Crippen LogP contribution in [0.4, 0.5) is 0 Å². The van der Waals surface area contributed by atoms with Crippen LogP contribution in [0, 0.1) is 0 Å². The molecule has 1 aliphatic rings. The van der Waals surface area contributed by atoms with Crippen LogP contribution < -0.4 is 0 Å². The molecule has 0 radical (unpaired) electrons. The molecule has 0 aromatic heterocycles. The number of rotatable bonds is 4. The fraction of sp³-hybridized carbons (Fsp3) is 0.462. The third-order valence-electron chi connectivity index (χ3n) is 3.02. The molecule has 0 aliphatic heterocycles. The second kappa shape index (κ2) is 3.95. The van der Waals surface area contributed by atoms with Crippen molar-refractivity contribution in [2.24, 2.45) is 0 Å². The Morgan fingerprint density at radius 2 is 2.21 bits per heavy atom. The highest BCUT2D eigenvalue weighted by molar-refractivity contribution is 5.88. The predicted molar refractivity (Wildman–Crippen MR) is 57.4 cm³/mol. The molecule has 1 atom stereocenters. The van der Waals surface area contributed by atoms with Gasteiger partial charge in [0.05, 0.1) is 0 Å². The Morgan fingerprint density at radius 3 is 2.93 bits per heavy atom. The van der Waals surface area contributed by atoms with Crippen LogP contribution in [0.1, 0.15) is 43.2 Å². The topological polar surface area (TPSA) is 17.1 Å². The van der Waals surface area contributed by atoms with Crippen molar-refractivity contribution in [3.63, 3.8) is 0 Å². The van der Waals surface area contributed by atoms with Gasteiger partial charge in [0.2, 0.25) is 0 Å². The molecule has 1 heteroatoms. The number of unbranched alkanes of at least 4 members (excludes halogenated alkanes) is 1. The van der Waals surface area contributed by atoms with E-state index in [0.29, 0.717) is 5.78 Å². The molecular formula is C13H16O. The van der Waals surface area contributed by atoms with Crippen molar-refractivity contribution < 1.29 is 4.79 Å². The number of carbonyl (C=O) groups excluding carboxylic acids is 1. The number of benzene rings is 1. The highest BCUT2D eigenvalue weighted by Gasteiger charge is 2.30. The van der Waals surface area contributed by atoms with Gasteiger partial charge in [0.15, 0.2) is 0 Å². The highest BCUT2D eigenvalue weighted by Crippen LogP contribution is 2.36. The number of hydrogen-bond donors (Lipinski definition) is 0. The van der Waals surface area contributed by atoms with Crippen LogP contribution in [0.2, 0.25) is 0 Å². The van der Waals surface area contributed by atoms with E-state index in [0.717, 1.165) is 25.7 Å². The van der Waals surface area contributed by atoms with Gasteiger partial charge in [0.1, 0.15) is 5.78 Å². The van der Waals surface area contributed by atoms with E-state index >= 15 is 0 Å². The minimum Gasteiger partial charge on any atom is -0.299 e. The smallest absolute Gasteiger partial charge is 0.140 e. The van der Waals surface area contributed by atoms with Crippen molar-refractivity contribution >= 4 is 5.78 Å². The summed E-state index contributed by atoms with van der Waals surface area (Å²) in [5, 5.41) is 0. The first-order chi connectivity index (χ1) is 6.83. The molecule has 0 amide bonds. The average Bonchev–Trinajstić information content (AvgIpc) is 2.17. The Hall–Kier alpha value is -1.11. The summed E-state index contributed by atoms with van der Waals surface area (Å²) >= 11 is 0. The third-order valence-corrected chi connectivity index (χ3v) is 3.02. The van der Waals surface area contributed by atoms with E-state index in [2.05, 4.69) is 19.1 Å². The largest absolute Gasteiger partial charge is 0.299 e. The first-order valence-corrected chi connectivity index (χ1v) is 5.43.